The monoisotopic (exact) mass is 277 g/mol. The first-order chi connectivity index (χ1) is 9.65. The van der Waals surface area contributed by atoms with Gasteiger partial charge in [0.25, 0.3) is 0 Å². The molecular formula is C14H19N3O3. The van der Waals surface area contributed by atoms with Crippen molar-refractivity contribution in [1.82, 2.24) is 15.6 Å². The Kier molecular flexibility index (Phi) is 4.92. The number of urea groups is 1. The van der Waals surface area contributed by atoms with Crippen molar-refractivity contribution in [3.63, 3.8) is 0 Å². The summed E-state index contributed by atoms with van der Waals surface area (Å²) in [5.74, 6) is -1.06. The number of hydrogen-bond acceptors (Lipinski definition) is 3. The molecule has 6 nitrogen and oxygen atoms in total. The van der Waals surface area contributed by atoms with Gasteiger partial charge in [-0.1, -0.05) is 25.3 Å². The SMILES string of the molecule is O=C(NCc1ccc(C(=O)O)nc1)NC1CCCCC1. The van der Waals surface area contributed by atoms with Crippen LogP contribution in [0.5, 0.6) is 0 Å². The lowest BCUT2D eigenvalue weighted by Crippen LogP contribution is -2.42. The third-order valence-corrected chi connectivity index (χ3v) is 3.44. The molecule has 0 aromatic carbocycles. The van der Waals surface area contributed by atoms with Crippen molar-refractivity contribution >= 4 is 12.0 Å². The average Bonchev–Trinajstić information content (AvgIpc) is 2.46. The van der Waals surface area contributed by atoms with Gasteiger partial charge in [-0.2, -0.15) is 0 Å². The summed E-state index contributed by atoms with van der Waals surface area (Å²) in [6.45, 7) is 0.339. The highest BCUT2D eigenvalue weighted by Gasteiger charge is 2.15. The second kappa shape index (κ2) is 6.88. The van der Waals surface area contributed by atoms with E-state index in [9.17, 15) is 9.59 Å². The molecular weight excluding hydrogens is 258 g/mol. The molecule has 1 heterocycles. The Labute approximate surface area is 117 Å². The Morgan fingerprint density at radius 3 is 2.60 bits per heavy atom. The normalized spacial score (nSPS) is 15.6. The van der Waals surface area contributed by atoms with Crippen LogP contribution in [0.4, 0.5) is 4.79 Å². The molecule has 1 aromatic heterocycles. The zero-order valence-electron chi connectivity index (χ0n) is 11.3. The molecule has 1 aromatic rings. The molecule has 6 heteroatoms. The first-order valence-corrected chi connectivity index (χ1v) is 6.88. The Morgan fingerprint density at radius 1 is 1.25 bits per heavy atom. The molecule has 108 valence electrons. The largest absolute Gasteiger partial charge is 0.477 e. The van der Waals surface area contributed by atoms with E-state index in [-0.39, 0.29) is 17.8 Å². The smallest absolute Gasteiger partial charge is 0.354 e. The van der Waals surface area contributed by atoms with Gasteiger partial charge in [0.15, 0.2) is 0 Å². The van der Waals surface area contributed by atoms with Gasteiger partial charge in [0, 0.05) is 18.8 Å². The standard InChI is InChI=1S/C14H19N3O3/c18-13(19)12-7-6-10(8-15-12)9-16-14(20)17-11-4-2-1-3-5-11/h6-8,11H,1-5,9H2,(H,18,19)(H2,16,17,20). The number of carbonyl (C=O) groups is 2. The first kappa shape index (κ1) is 14.3. The number of nitrogens with one attached hydrogen (secondary N) is 2. The van der Waals surface area contributed by atoms with Crippen LogP contribution in [-0.2, 0) is 6.54 Å². The number of carbonyl (C=O) groups excluding carboxylic acids is 1. The molecule has 2 amide bonds. The summed E-state index contributed by atoms with van der Waals surface area (Å²) in [7, 11) is 0. The van der Waals surface area contributed by atoms with Crippen molar-refractivity contribution in [2.75, 3.05) is 0 Å². The summed E-state index contributed by atoms with van der Waals surface area (Å²) in [4.78, 5) is 26.2. The van der Waals surface area contributed by atoms with E-state index in [1.165, 1.54) is 31.5 Å². The molecule has 20 heavy (non-hydrogen) atoms. The summed E-state index contributed by atoms with van der Waals surface area (Å²) in [6, 6.07) is 3.17. The van der Waals surface area contributed by atoms with E-state index in [2.05, 4.69) is 15.6 Å². The van der Waals surface area contributed by atoms with Crippen LogP contribution in [0.3, 0.4) is 0 Å². The second-order valence-electron chi connectivity index (χ2n) is 5.02. The highest BCUT2D eigenvalue weighted by atomic mass is 16.4. The number of aromatic nitrogens is 1. The van der Waals surface area contributed by atoms with Crippen LogP contribution in [0.15, 0.2) is 18.3 Å². The maximum Gasteiger partial charge on any atom is 0.354 e. The minimum Gasteiger partial charge on any atom is -0.477 e. The van der Waals surface area contributed by atoms with E-state index in [4.69, 9.17) is 5.11 Å². The Hall–Kier alpha value is -2.11. The minimum absolute atomic E-state index is 0.000377. The molecule has 1 saturated carbocycles. The van der Waals surface area contributed by atoms with E-state index in [1.54, 1.807) is 6.07 Å². The van der Waals surface area contributed by atoms with Crippen LogP contribution in [0.2, 0.25) is 0 Å². The Morgan fingerprint density at radius 2 is 2.00 bits per heavy atom. The number of nitrogens with zero attached hydrogens (tertiary/aromatic N) is 1. The van der Waals surface area contributed by atoms with Crippen LogP contribution >= 0.6 is 0 Å². The fraction of sp³-hybridized carbons (Fsp3) is 0.500. The van der Waals surface area contributed by atoms with E-state index in [0.29, 0.717) is 6.54 Å². The third kappa shape index (κ3) is 4.22. The van der Waals surface area contributed by atoms with Crippen molar-refractivity contribution in [1.29, 1.82) is 0 Å². The van der Waals surface area contributed by atoms with E-state index in [0.717, 1.165) is 18.4 Å². The molecule has 0 aliphatic heterocycles. The van der Waals surface area contributed by atoms with Gasteiger partial charge >= 0.3 is 12.0 Å². The highest BCUT2D eigenvalue weighted by molar-refractivity contribution is 5.85. The minimum atomic E-state index is -1.06. The van der Waals surface area contributed by atoms with Crippen molar-refractivity contribution in [3.05, 3.63) is 29.6 Å². The van der Waals surface area contributed by atoms with Crippen molar-refractivity contribution in [2.45, 2.75) is 44.7 Å². The molecule has 0 atom stereocenters. The maximum absolute atomic E-state index is 11.7. The summed E-state index contributed by atoms with van der Waals surface area (Å²) in [6.07, 6.45) is 7.15. The van der Waals surface area contributed by atoms with Gasteiger partial charge in [0.05, 0.1) is 0 Å². The average molecular weight is 277 g/mol. The van der Waals surface area contributed by atoms with Crippen LogP contribution < -0.4 is 10.6 Å². The lowest BCUT2D eigenvalue weighted by atomic mass is 9.96. The summed E-state index contributed by atoms with van der Waals surface area (Å²) >= 11 is 0. The summed E-state index contributed by atoms with van der Waals surface area (Å²) in [5, 5.41) is 14.4. The predicted molar refractivity (Wildman–Crippen MR) is 73.4 cm³/mol. The predicted octanol–water partition coefficient (Wildman–Crippen LogP) is 1.91. The third-order valence-electron chi connectivity index (χ3n) is 3.44. The maximum atomic E-state index is 11.7. The lowest BCUT2D eigenvalue weighted by Gasteiger charge is -2.22. The fourth-order valence-electron chi connectivity index (χ4n) is 2.32. The van der Waals surface area contributed by atoms with Crippen LogP contribution in [0, 0.1) is 0 Å². The molecule has 0 unspecified atom stereocenters. The molecule has 1 fully saturated rings. The second-order valence-corrected chi connectivity index (χ2v) is 5.02. The van der Waals surface area contributed by atoms with Crippen molar-refractivity contribution < 1.29 is 14.7 Å². The molecule has 3 N–H and O–H groups in total. The number of carboxylic acid groups (broad SMARTS) is 1. The fourth-order valence-corrected chi connectivity index (χ4v) is 2.32. The van der Waals surface area contributed by atoms with Gasteiger partial charge in [-0.15, -0.1) is 0 Å². The molecule has 2 rings (SSSR count). The highest BCUT2D eigenvalue weighted by Crippen LogP contribution is 2.17. The number of hydrogen-bond donors (Lipinski definition) is 3. The van der Waals surface area contributed by atoms with Gasteiger partial charge < -0.3 is 15.7 Å². The van der Waals surface area contributed by atoms with Crippen LogP contribution in [0.1, 0.15) is 48.2 Å². The number of aromatic carboxylic acids is 1. The Bertz CT molecular complexity index is 467. The summed E-state index contributed by atoms with van der Waals surface area (Å²) < 4.78 is 0. The van der Waals surface area contributed by atoms with Crippen LogP contribution in [0.25, 0.3) is 0 Å². The van der Waals surface area contributed by atoms with E-state index >= 15 is 0 Å². The zero-order chi connectivity index (χ0) is 14.4. The first-order valence-electron chi connectivity index (χ1n) is 6.88. The zero-order valence-corrected chi connectivity index (χ0v) is 11.3. The van der Waals surface area contributed by atoms with Gasteiger partial charge in [0.2, 0.25) is 0 Å². The van der Waals surface area contributed by atoms with Gasteiger partial charge in [0.1, 0.15) is 5.69 Å². The van der Waals surface area contributed by atoms with Crippen molar-refractivity contribution in [3.8, 4) is 0 Å². The van der Waals surface area contributed by atoms with E-state index in [1.807, 2.05) is 0 Å². The Balaban J connectivity index is 1.76. The molecule has 0 radical (unpaired) electrons. The van der Waals surface area contributed by atoms with Gasteiger partial charge in [-0.05, 0) is 24.5 Å². The van der Waals surface area contributed by atoms with Crippen molar-refractivity contribution in [2.24, 2.45) is 0 Å². The van der Waals surface area contributed by atoms with Gasteiger partial charge in [-0.3, -0.25) is 0 Å². The topological polar surface area (TPSA) is 91.3 Å². The lowest BCUT2D eigenvalue weighted by molar-refractivity contribution is 0.0690. The molecule has 0 saturated heterocycles. The number of amides is 2. The van der Waals surface area contributed by atoms with Crippen LogP contribution in [-0.4, -0.2) is 28.1 Å². The van der Waals surface area contributed by atoms with Gasteiger partial charge in [-0.25, -0.2) is 14.6 Å². The number of rotatable bonds is 4. The molecule has 1 aliphatic carbocycles. The molecule has 0 spiro atoms. The number of carboxylic acids is 1. The molecule has 0 bridgehead atoms. The molecule has 1 aliphatic rings. The summed E-state index contributed by atoms with van der Waals surface area (Å²) in [5.41, 5.74) is 0.772. The quantitative estimate of drug-likeness (QED) is 0.784. The van der Waals surface area contributed by atoms with E-state index < -0.39 is 5.97 Å². The number of pyridine rings is 1.